The van der Waals surface area contributed by atoms with E-state index in [2.05, 4.69) is 32.9 Å². The van der Waals surface area contributed by atoms with E-state index in [4.69, 9.17) is 4.74 Å². The molecule has 0 aliphatic carbocycles. The van der Waals surface area contributed by atoms with Gasteiger partial charge >= 0.3 is 0 Å². The summed E-state index contributed by atoms with van der Waals surface area (Å²) in [5, 5.41) is 0. The van der Waals surface area contributed by atoms with Crippen LogP contribution in [0.2, 0.25) is 0 Å². The molecule has 1 amide bonds. The summed E-state index contributed by atoms with van der Waals surface area (Å²) >= 11 is 0. The van der Waals surface area contributed by atoms with E-state index in [-0.39, 0.29) is 5.91 Å². The van der Waals surface area contributed by atoms with E-state index < -0.39 is 5.60 Å². The third-order valence-corrected chi connectivity index (χ3v) is 3.51. The van der Waals surface area contributed by atoms with E-state index in [1.54, 1.807) is 0 Å². The van der Waals surface area contributed by atoms with Crippen molar-refractivity contribution >= 4 is 11.6 Å². The molecule has 1 heterocycles. The summed E-state index contributed by atoms with van der Waals surface area (Å²) in [7, 11) is 0. The van der Waals surface area contributed by atoms with Gasteiger partial charge in [0.15, 0.2) is 5.60 Å². The van der Waals surface area contributed by atoms with Crippen molar-refractivity contribution in [2.45, 2.75) is 52.6 Å². The van der Waals surface area contributed by atoms with E-state index in [1.165, 1.54) is 5.56 Å². The number of ether oxygens (including phenoxy) is 1. The fourth-order valence-corrected chi connectivity index (χ4v) is 2.39. The first-order chi connectivity index (χ1) is 8.86. The molecular weight excluding hydrogens is 238 g/mol. The molecule has 0 radical (unpaired) electrons. The molecule has 0 fully saturated rings. The van der Waals surface area contributed by atoms with Crippen LogP contribution in [0.15, 0.2) is 18.2 Å². The quantitative estimate of drug-likeness (QED) is 0.830. The number of amides is 1. The van der Waals surface area contributed by atoms with Crippen molar-refractivity contribution in [3.8, 4) is 5.75 Å². The van der Waals surface area contributed by atoms with Crippen molar-refractivity contribution in [2.75, 3.05) is 11.4 Å². The molecule has 1 aliphatic rings. The van der Waals surface area contributed by atoms with E-state index in [9.17, 15) is 4.79 Å². The Hall–Kier alpha value is -1.51. The van der Waals surface area contributed by atoms with Gasteiger partial charge in [-0.1, -0.05) is 26.8 Å². The Bertz CT molecular complexity index is 492. The fraction of sp³-hybridized carbons (Fsp3) is 0.562. The van der Waals surface area contributed by atoms with Crippen molar-refractivity contribution in [3.05, 3.63) is 23.8 Å². The van der Waals surface area contributed by atoms with Crippen LogP contribution < -0.4 is 9.64 Å². The van der Waals surface area contributed by atoms with Crippen LogP contribution in [0.25, 0.3) is 0 Å². The van der Waals surface area contributed by atoms with Crippen LogP contribution in [0, 0.1) is 0 Å². The number of hydrogen-bond acceptors (Lipinski definition) is 2. The second kappa shape index (κ2) is 4.87. The van der Waals surface area contributed by atoms with Gasteiger partial charge in [-0.25, -0.2) is 0 Å². The van der Waals surface area contributed by atoms with Gasteiger partial charge in [-0.2, -0.15) is 0 Å². The zero-order valence-corrected chi connectivity index (χ0v) is 12.5. The minimum absolute atomic E-state index is 0.0409. The lowest BCUT2D eigenvalue weighted by Crippen LogP contribution is -2.52. The molecule has 1 aliphatic heterocycles. The lowest BCUT2D eigenvalue weighted by atomic mass is 9.99. The SMILES string of the molecule is CCCN1C(=O)C(C)(C)Oc2cc(C(C)C)ccc21. The van der Waals surface area contributed by atoms with E-state index >= 15 is 0 Å². The molecule has 0 saturated carbocycles. The Morgan fingerprint density at radius 1 is 1.32 bits per heavy atom. The van der Waals surface area contributed by atoms with Crippen molar-refractivity contribution in [3.63, 3.8) is 0 Å². The molecule has 0 atom stereocenters. The topological polar surface area (TPSA) is 29.5 Å². The number of anilines is 1. The van der Waals surface area contributed by atoms with E-state index in [0.717, 1.165) is 24.4 Å². The molecule has 0 aromatic heterocycles. The number of hydrogen-bond donors (Lipinski definition) is 0. The maximum Gasteiger partial charge on any atom is 0.270 e. The van der Waals surface area contributed by atoms with Crippen LogP contribution >= 0.6 is 0 Å². The molecule has 0 unspecified atom stereocenters. The lowest BCUT2D eigenvalue weighted by Gasteiger charge is -2.39. The first-order valence-electron chi connectivity index (χ1n) is 7.01. The normalized spacial score (nSPS) is 17.4. The standard InChI is InChI=1S/C16H23NO2/c1-6-9-17-13-8-7-12(11(2)3)10-14(13)19-16(4,5)15(17)18/h7-8,10-11H,6,9H2,1-5H3. The highest BCUT2D eigenvalue weighted by atomic mass is 16.5. The molecule has 19 heavy (non-hydrogen) atoms. The van der Waals surface area contributed by atoms with Gasteiger partial charge in [0.05, 0.1) is 5.69 Å². The third-order valence-electron chi connectivity index (χ3n) is 3.51. The average Bonchev–Trinajstić information content (AvgIpc) is 2.33. The minimum atomic E-state index is -0.780. The highest BCUT2D eigenvalue weighted by molar-refractivity contribution is 6.02. The second-order valence-corrected chi connectivity index (χ2v) is 5.95. The zero-order chi connectivity index (χ0) is 14.2. The van der Waals surface area contributed by atoms with E-state index in [1.807, 2.05) is 24.8 Å². The Kier molecular flexibility index (Phi) is 3.57. The molecule has 3 nitrogen and oxygen atoms in total. The van der Waals surface area contributed by atoms with Crippen LogP contribution in [-0.4, -0.2) is 18.1 Å². The van der Waals surface area contributed by atoms with Gasteiger partial charge in [-0.3, -0.25) is 4.79 Å². The number of benzene rings is 1. The summed E-state index contributed by atoms with van der Waals surface area (Å²) in [5.74, 6) is 1.32. The van der Waals surface area contributed by atoms with Gasteiger partial charge in [0.2, 0.25) is 0 Å². The van der Waals surface area contributed by atoms with Crippen molar-refractivity contribution in [1.29, 1.82) is 0 Å². The highest BCUT2D eigenvalue weighted by Crippen LogP contribution is 2.39. The Morgan fingerprint density at radius 3 is 2.58 bits per heavy atom. The van der Waals surface area contributed by atoms with Gasteiger partial charge in [0.1, 0.15) is 5.75 Å². The minimum Gasteiger partial charge on any atom is -0.476 e. The Balaban J connectivity index is 2.49. The lowest BCUT2D eigenvalue weighted by molar-refractivity contribution is -0.132. The van der Waals surface area contributed by atoms with Gasteiger partial charge < -0.3 is 9.64 Å². The van der Waals surface area contributed by atoms with Crippen molar-refractivity contribution < 1.29 is 9.53 Å². The van der Waals surface area contributed by atoms with Crippen molar-refractivity contribution in [1.82, 2.24) is 0 Å². The van der Waals surface area contributed by atoms with Crippen LogP contribution in [-0.2, 0) is 4.79 Å². The predicted octanol–water partition coefficient (Wildman–Crippen LogP) is 3.72. The summed E-state index contributed by atoms with van der Waals surface area (Å²) in [4.78, 5) is 14.3. The maximum atomic E-state index is 12.4. The summed E-state index contributed by atoms with van der Waals surface area (Å²) < 4.78 is 5.91. The number of nitrogens with zero attached hydrogens (tertiary/aromatic N) is 1. The monoisotopic (exact) mass is 261 g/mol. The fourth-order valence-electron chi connectivity index (χ4n) is 2.39. The molecule has 1 aromatic rings. The van der Waals surface area contributed by atoms with Gasteiger partial charge in [0.25, 0.3) is 5.91 Å². The van der Waals surface area contributed by atoms with Crippen LogP contribution in [0.3, 0.4) is 0 Å². The van der Waals surface area contributed by atoms with Crippen molar-refractivity contribution in [2.24, 2.45) is 0 Å². The average molecular weight is 261 g/mol. The summed E-state index contributed by atoms with van der Waals surface area (Å²) in [5.41, 5.74) is 1.36. The molecular formula is C16H23NO2. The van der Waals surface area contributed by atoms with E-state index in [0.29, 0.717) is 5.92 Å². The molecule has 0 saturated heterocycles. The first-order valence-corrected chi connectivity index (χ1v) is 7.01. The van der Waals surface area contributed by atoms with Crippen LogP contribution in [0.5, 0.6) is 5.75 Å². The number of fused-ring (bicyclic) bond motifs is 1. The number of carbonyl (C=O) groups is 1. The van der Waals surface area contributed by atoms with Gasteiger partial charge in [-0.05, 0) is 43.9 Å². The second-order valence-electron chi connectivity index (χ2n) is 5.95. The molecule has 0 spiro atoms. The molecule has 104 valence electrons. The molecule has 3 heteroatoms. The smallest absolute Gasteiger partial charge is 0.270 e. The largest absolute Gasteiger partial charge is 0.476 e. The summed E-state index contributed by atoms with van der Waals surface area (Å²) in [6, 6.07) is 6.16. The predicted molar refractivity (Wildman–Crippen MR) is 77.9 cm³/mol. The molecule has 1 aromatic carbocycles. The maximum absolute atomic E-state index is 12.4. The Morgan fingerprint density at radius 2 is 2.00 bits per heavy atom. The molecule has 2 rings (SSSR count). The van der Waals surface area contributed by atoms with Gasteiger partial charge in [0, 0.05) is 6.54 Å². The van der Waals surface area contributed by atoms with Gasteiger partial charge in [-0.15, -0.1) is 0 Å². The highest BCUT2D eigenvalue weighted by Gasteiger charge is 2.40. The molecule has 0 bridgehead atoms. The van der Waals surface area contributed by atoms with Crippen LogP contribution in [0.1, 0.15) is 52.5 Å². The van der Waals surface area contributed by atoms with Crippen LogP contribution in [0.4, 0.5) is 5.69 Å². The zero-order valence-electron chi connectivity index (χ0n) is 12.5. The number of rotatable bonds is 3. The summed E-state index contributed by atoms with van der Waals surface area (Å²) in [6.07, 6.45) is 0.938. The molecule has 0 N–H and O–H groups in total. The first kappa shape index (κ1) is 13.9. The third kappa shape index (κ3) is 2.46. The Labute approximate surface area is 115 Å². The summed E-state index contributed by atoms with van der Waals surface area (Å²) in [6.45, 7) is 10.8. The number of carbonyl (C=O) groups excluding carboxylic acids is 1.